The maximum absolute atomic E-state index is 5.29. The zero-order chi connectivity index (χ0) is 13.1. The van der Waals surface area contributed by atoms with Gasteiger partial charge in [0.2, 0.25) is 0 Å². The van der Waals surface area contributed by atoms with Crippen LogP contribution >= 0.6 is 0 Å². The van der Waals surface area contributed by atoms with Crippen LogP contribution in [0.15, 0.2) is 35.0 Å². The first-order valence-electron chi connectivity index (χ1n) is 6.64. The van der Waals surface area contributed by atoms with Gasteiger partial charge >= 0.3 is 0 Å². The lowest BCUT2D eigenvalue weighted by molar-refractivity contribution is 0.354. The minimum Gasteiger partial charge on any atom is -0.497 e. The Morgan fingerprint density at radius 1 is 1.37 bits per heavy atom. The number of benzene rings is 1. The predicted octanol–water partition coefficient (Wildman–Crippen LogP) is 2.33. The summed E-state index contributed by atoms with van der Waals surface area (Å²) in [5.41, 5.74) is 2.83. The van der Waals surface area contributed by atoms with Crippen molar-refractivity contribution in [1.82, 2.24) is 10.5 Å². The maximum atomic E-state index is 5.29. The van der Waals surface area contributed by atoms with Crippen molar-refractivity contribution < 1.29 is 9.26 Å². The Balaban J connectivity index is 1.64. The molecule has 1 N–H and O–H groups in total. The Labute approximate surface area is 112 Å². The van der Waals surface area contributed by atoms with Crippen LogP contribution < -0.4 is 10.1 Å². The Bertz CT molecular complexity index is 537. The van der Waals surface area contributed by atoms with Crippen molar-refractivity contribution in [2.75, 3.05) is 7.11 Å². The van der Waals surface area contributed by atoms with E-state index in [0.717, 1.165) is 37.3 Å². The van der Waals surface area contributed by atoms with E-state index in [2.05, 4.69) is 22.6 Å². The average Bonchev–Trinajstić information content (AvgIpc) is 2.97. The molecule has 2 aromatic rings. The van der Waals surface area contributed by atoms with Gasteiger partial charge in [-0.1, -0.05) is 11.2 Å². The van der Waals surface area contributed by atoms with E-state index in [1.54, 1.807) is 13.3 Å². The Morgan fingerprint density at radius 2 is 2.32 bits per heavy atom. The lowest BCUT2D eigenvalue weighted by atomic mass is 9.88. The maximum Gasteiger partial charge on any atom is 0.150 e. The molecule has 1 aromatic carbocycles. The molecule has 3 rings (SSSR count). The van der Waals surface area contributed by atoms with Crippen LogP contribution in [0, 0.1) is 0 Å². The number of rotatable bonds is 4. The van der Waals surface area contributed by atoms with E-state index in [-0.39, 0.29) is 0 Å². The zero-order valence-corrected chi connectivity index (χ0v) is 11.1. The van der Waals surface area contributed by atoms with Crippen LogP contribution in [0.25, 0.3) is 0 Å². The summed E-state index contributed by atoms with van der Waals surface area (Å²) in [7, 11) is 1.71. The SMILES string of the molecule is COc1ccc2c(c1)CC(NCc1ccno1)CC2. The highest BCUT2D eigenvalue weighted by molar-refractivity contribution is 5.37. The summed E-state index contributed by atoms with van der Waals surface area (Å²) in [6.07, 6.45) is 5.00. The molecule has 0 bridgehead atoms. The zero-order valence-electron chi connectivity index (χ0n) is 11.1. The Hall–Kier alpha value is -1.81. The second kappa shape index (κ2) is 5.45. The molecule has 1 aliphatic carbocycles. The van der Waals surface area contributed by atoms with Crippen LogP contribution in [0.4, 0.5) is 0 Å². The Morgan fingerprint density at radius 3 is 3.11 bits per heavy atom. The average molecular weight is 258 g/mol. The number of nitrogens with zero attached hydrogens (tertiary/aromatic N) is 1. The molecule has 1 atom stereocenters. The molecule has 4 heteroatoms. The van der Waals surface area contributed by atoms with Crippen LogP contribution in [0.5, 0.6) is 5.75 Å². The van der Waals surface area contributed by atoms with Gasteiger partial charge in [-0.25, -0.2) is 0 Å². The molecule has 1 unspecified atom stereocenters. The number of aryl methyl sites for hydroxylation is 1. The molecule has 0 radical (unpaired) electrons. The van der Waals surface area contributed by atoms with Crippen molar-refractivity contribution >= 4 is 0 Å². The van der Waals surface area contributed by atoms with Gasteiger partial charge in [-0.2, -0.15) is 0 Å². The fourth-order valence-corrected chi connectivity index (χ4v) is 2.61. The molecular weight excluding hydrogens is 240 g/mol. The number of ether oxygens (including phenoxy) is 1. The Kier molecular flexibility index (Phi) is 3.51. The summed E-state index contributed by atoms with van der Waals surface area (Å²) in [5.74, 6) is 1.83. The number of nitrogens with one attached hydrogen (secondary N) is 1. The van der Waals surface area contributed by atoms with Gasteiger partial charge in [0.15, 0.2) is 0 Å². The standard InChI is InChI=1S/C15H18N2O2/c1-18-14-5-3-11-2-4-13(8-12(11)9-14)16-10-15-6-7-17-19-15/h3,5-7,9,13,16H,2,4,8,10H2,1H3. The van der Waals surface area contributed by atoms with E-state index in [1.807, 2.05) is 12.1 Å². The fourth-order valence-electron chi connectivity index (χ4n) is 2.61. The molecule has 0 amide bonds. The summed E-state index contributed by atoms with van der Waals surface area (Å²) in [4.78, 5) is 0. The molecule has 0 spiro atoms. The number of hydrogen-bond donors (Lipinski definition) is 1. The highest BCUT2D eigenvalue weighted by Crippen LogP contribution is 2.25. The van der Waals surface area contributed by atoms with E-state index >= 15 is 0 Å². The van der Waals surface area contributed by atoms with Crippen LogP contribution in [-0.2, 0) is 19.4 Å². The molecular formula is C15H18N2O2. The van der Waals surface area contributed by atoms with Crippen molar-refractivity contribution in [2.45, 2.75) is 31.8 Å². The largest absolute Gasteiger partial charge is 0.497 e. The van der Waals surface area contributed by atoms with Gasteiger partial charge in [-0.05, 0) is 42.5 Å². The molecule has 0 fully saturated rings. The van der Waals surface area contributed by atoms with Crippen LogP contribution in [0.2, 0.25) is 0 Å². The van der Waals surface area contributed by atoms with Crippen LogP contribution in [0.3, 0.4) is 0 Å². The molecule has 0 saturated carbocycles. The molecule has 1 aliphatic rings. The molecule has 0 saturated heterocycles. The summed E-state index contributed by atoms with van der Waals surface area (Å²) in [5, 5.41) is 7.24. The third kappa shape index (κ3) is 2.79. The first-order chi connectivity index (χ1) is 9.35. The highest BCUT2D eigenvalue weighted by atomic mass is 16.5. The number of hydrogen-bond acceptors (Lipinski definition) is 4. The number of aromatic nitrogens is 1. The molecule has 4 nitrogen and oxygen atoms in total. The van der Waals surface area contributed by atoms with Crippen molar-refractivity contribution in [3.8, 4) is 5.75 Å². The normalized spacial score (nSPS) is 18.1. The second-order valence-electron chi connectivity index (χ2n) is 4.93. The minimum atomic E-state index is 0.490. The lowest BCUT2D eigenvalue weighted by Crippen LogP contribution is -2.34. The molecule has 0 aliphatic heterocycles. The van der Waals surface area contributed by atoms with Gasteiger partial charge in [0.05, 0.1) is 19.9 Å². The quantitative estimate of drug-likeness (QED) is 0.914. The van der Waals surface area contributed by atoms with Crippen LogP contribution in [0.1, 0.15) is 23.3 Å². The first kappa shape index (κ1) is 12.2. The summed E-state index contributed by atoms with van der Waals surface area (Å²) in [6, 6.07) is 8.76. The lowest BCUT2D eigenvalue weighted by Gasteiger charge is -2.25. The van der Waals surface area contributed by atoms with Gasteiger partial charge in [-0.3, -0.25) is 0 Å². The summed E-state index contributed by atoms with van der Waals surface area (Å²) in [6.45, 7) is 0.740. The van der Waals surface area contributed by atoms with E-state index in [4.69, 9.17) is 9.26 Å². The fraction of sp³-hybridized carbons (Fsp3) is 0.400. The first-order valence-corrected chi connectivity index (χ1v) is 6.64. The van der Waals surface area contributed by atoms with Gasteiger partial charge in [0.1, 0.15) is 11.5 Å². The van der Waals surface area contributed by atoms with Crippen molar-refractivity contribution in [2.24, 2.45) is 0 Å². The van der Waals surface area contributed by atoms with Crippen LogP contribution in [-0.4, -0.2) is 18.3 Å². The van der Waals surface area contributed by atoms with Gasteiger partial charge in [0, 0.05) is 12.1 Å². The third-order valence-electron chi connectivity index (χ3n) is 3.70. The number of fused-ring (bicyclic) bond motifs is 1. The van der Waals surface area contributed by atoms with Crippen molar-refractivity contribution in [1.29, 1.82) is 0 Å². The van der Waals surface area contributed by atoms with Gasteiger partial charge in [-0.15, -0.1) is 0 Å². The molecule has 1 heterocycles. The van der Waals surface area contributed by atoms with Crippen molar-refractivity contribution in [3.05, 3.63) is 47.3 Å². The molecule has 100 valence electrons. The third-order valence-corrected chi connectivity index (χ3v) is 3.70. The smallest absolute Gasteiger partial charge is 0.150 e. The van der Waals surface area contributed by atoms with E-state index < -0.39 is 0 Å². The van der Waals surface area contributed by atoms with E-state index in [0.29, 0.717) is 6.04 Å². The second-order valence-corrected chi connectivity index (χ2v) is 4.93. The van der Waals surface area contributed by atoms with E-state index in [1.165, 1.54) is 11.1 Å². The summed E-state index contributed by atoms with van der Waals surface area (Å²) >= 11 is 0. The molecule has 1 aromatic heterocycles. The highest BCUT2D eigenvalue weighted by Gasteiger charge is 2.18. The van der Waals surface area contributed by atoms with Crippen molar-refractivity contribution in [3.63, 3.8) is 0 Å². The summed E-state index contributed by atoms with van der Waals surface area (Å²) < 4.78 is 10.4. The number of methoxy groups -OCH3 is 1. The monoisotopic (exact) mass is 258 g/mol. The minimum absolute atomic E-state index is 0.490. The predicted molar refractivity (Wildman–Crippen MR) is 72.1 cm³/mol. The molecule has 19 heavy (non-hydrogen) atoms. The van der Waals surface area contributed by atoms with Gasteiger partial charge < -0.3 is 14.6 Å². The topological polar surface area (TPSA) is 47.3 Å². The van der Waals surface area contributed by atoms with Gasteiger partial charge in [0.25, 0.3) is 0 Å². The van der Waals surface area contributed by atoms with E-state index in [9.17, 15) is 0 Å².